The van der Waals surface area contributed by atoms with Crippen molar-refractivity contribution in [3.63, 3.8) is 0 Å². The van der Waals surface area contributed by atoms with E-state index in [0.29, 0.717) is 12.2 Å². The highest BCUT2D eigenvalue weighted by Crippen LogP contribution is 2.20. The summed E-state index contributed by atoms with van der Waals surface area (Å²) in [7, 11) is -0.371. The number of nitrogens with zero attached hydrogens (tertiary/aromatic N) is 1. The molecule has 0 bridgehead atoms. The first kappa shape index (κ1) is 18.3. The van der Waals surface area contributed by atoms with Crippen LogP contribution >= 0.6 is 0 Å². The van der Waals surface area contributed by atoms with Gasteiger partial charge in [0, 0.05) is 6.04 Å². The second kappa shape index (κ2) is 7.65. The Kier molecular flexibility index (Phi) is 5.82. The molecule has 1 aliphatic rings. The van der Waals surface area contributed by atoms with E-state index in [9.17, 15) is 18.0 Å². The van der Waals surface area contributed by atoms with E-state index in [1.165, 1.54) is 12.0 Å². The van der Waals surface area contributed by atoms with E-state index in [1.54, 1.807) is 31.4 Å². The average molecular weight is 355 g/mol. The molecule has 0 N–H and O–H groups in total. The zero-order valence-corrected chi connectivity index (χ0v) is 14.5. The van der Waals surface area contributed by atoms with Gasteiger partial charge in [0.15, 0.2) is 9.84 Å². The molecule has 1 amide bonds. The van der Waals surface area contributed by atoms with Crippen LogP contribution in [0.5, 0.6) is 5.75 Å². The third-order valence-electron chi connectivity index (χ3n) is 4.01. The Labute approximate surface area is 141 Å². The van der Waals surface area contributed by atoms with Crippen LogP contribution in [0.4, 0.5) is 0 Å². The van der Waals surface area contributed by atoms with Crippen LogP contribution in [-0.2, 0) is 30.6 Å². The van der Waals surface area contributed by atoms with Gasteiger partial charge in [0.1, 0.15) is 12.3 Å². The van der Waals surface area contributed by atoms with Gasteiger partial charge in [0.05, 0.1) is 32.1 Å². The minimum atomic E-state index is -3.16. The zero-order chi connectivity index (χ0) is 17.7. The summed E-state index contributed by atoms with van der Waals surface area (Å²) in [4.78, 5) is 25.5. The van der Waals surface area contributed by atoms with Gasteiger partial charge in [-0.3, -0.25) is 9.59 Å². The van der Waals surface area contributed by atoms with Crippen LogP contribution in [0.3, 0.4) is 0 Å². The molecule has 0 radical (unpaired) electrons. The first-order valence-electron chi connectivity index (χ1n) is 7.54. The van der Waals surface area contributed by atoms with Gasteiger partial charge in [0.25, 0.3) is 0 Å². The van der Waals surface area contributed by atoms with Crippen LogP contribution in [0.15, 0.2) is 24.3 Å². The lowest BCUT2D eigenvalue weighted by molar-refractivity contribution is -0.148. The Hall–Kier alpha value is -2.09. The van der Waals surface area contributed by atoms with E-state index in [2.05, 4.69) is 4.74 Å². The summed E-state index contributed by atoms with van der Waals surface area (Å²) in [6.45, 7) is -0.244. The van der Waals surface area contributed by atoms with Gasteiger partial charge in [-0.2, -0.15) is 0 Å². The van der Waals surface area contributed by atoms with E-state index in [0.717, 1.165) is 5.56 Å². The Morgan fingerprint density at radius 1 is 1.21 bits per heavy atom. The van der Waals surface area contributed by atoms with Gasteiger partial charge in [-0.05, 0) is 24.1 Å². The Bertz CT molecular complexity index is 698. The summed E-state index contributed by atoms with van der Waals surface area (Å²) in [5.41, 5.74) is 0.761. The number of benzene rings is 1. The Morgan fingerprint density at radius 3 is 2.38 bits per heavy atom. The van der Waals surface area contributed by atoms with Crippen LogP contribution in [0, 0.1) is 0 Å². The molecule has 0 spiro atoms. The number of amides is 1. The fraction of sp³-hybridized carbons (Fsp3) is 0.500. The van der Waals surface area contributed by atoms with E-state index in [1.807, 2.05) is 0 Å². The number of ether oxygens (including phenoxy) is 2. The second-order valence-corrected chi connectivity index (χ2v) is 7.91. The van der Waals surface area contributed by atoms with E-state index >= 15 is 0 Å². The normalized spacial score (nSPS) is 18.8. The molecule has 1 fully saturated rings. The molecule has 2 rings (SSSR count). The smallest absolute Gasteiger partial charge is 0.325 e. The van der Waals surface area contributed by atoms with Gasteiger partial charge in [-0.1, -0.05) is 12.1 Å². The first-order chi connectivity index (χ1) is 11.3. The lowest BCUT2D eigenvalue weighted by Crippen LogP contribution is -2.45. The molecule has 8 heteroatoms. The van der Waals surface area contributed by atoms with Gasteiger partial charge in [-0.15, -0.1) is 0 Å². The van der Waals surface area contributed by atoms with Crippen LogP contribution in [-0.4, -0.2) is 63.5 Å². The largest absolute Gasteiger partial charge is 0.497 e. The number of hydrogen-bond donors (Lipinski definition) is 0. The van der Waals surface area contributed by atoms with Crippen LogP contribution < -0.4 is 4.74 Å². The molecule has 1 aromatic carbocycles. The van der Waals surface area contributed by atoms with Crippen molar-refractivity contribution in [1.82, 2.24) is 4.90 Å². The molecule has 7 nitrogen and oxygen atoms in total. The summed E-state index contributed by atoms with van der Waals surface area (Å²) < 4.78 is 33.1. The SMILES string of the molecule is COC(=O)CN(C(=O)Cc1ccc(OC)cc1)[C@H]1CCS(=O)(=O)C1. The second-order valence-electron chi connectivity index (χ2n) is 5.68. The number of methoxy groups -OCH3 is 2. The molecular formula is C16H21NO6S. The van der Waals surface area contributed by atoms with Crippen molar-refractivity contribution < 1.29 is 27.5 Å². The predicted octanol–water partition coefficient (Wildman–Crippen LogP) is 0.426. The molecule has 0 aliphatic carbocycles. The van der Waals surface area contributed by atoms with Crippen LogP contribution in [0.25, 0.3) is 0 Å². The minimum absolute atomic E-state index is 0.0329. The molecule has 0 saturated carbocycles. The molecule has 1 aliphatic heterocycles. The molecular weight excluding hydrogens is 334 g/mol. The fourth-order valence-electron chi connectivity index (χ4n) is 2.67. The summed E-state index contributed by atoms with van der Waals surface area (Å²) in [5.74, 6) is -0.265. The summed E-state index contributed by atoms with van der Waals surface area (Å²) in [6, 6.07) is 6.53. The topological polar surface area (TPSA) is 90.0 Å². The van der Waals surface area contributed by atoms with Crippen molar-refractivity contribution in [2.45, 2.75) is 18.9 Å². The van der Waals surface area contributed by atoms with Crippen molar-refractivity contribution >= 4 is 21.7 Å². The van der Waals surface area contributed by atoms with Crippen LogP contribution in [0.2, 0.25) is 0 Å². The van der Waals surface area contributed by atoms with E-state index < -0.39 is 21.8 Å². The number of rotatable bonds is 6. The predicted molar refractivity (Wildman–Crippen MR) is 87.5 cm³/mol. The highest BCUT2D eigenvalue weighted by atomic mass is 32.2. The number of carbonyl (C=O) groups excluding carboxylic acids is 2. The van der Waals surface area contributed by atoms with Crippen molar-refractivity contribution in [2.24, 2.45) is 0 Å². The Morgan fingerprint density at radius 2 is 1.88 bits per heavy atom. The van der Waals surface area contributed by atoms with Crippen molar-refractivity contribution in [1.29, 1.82) is 0 Å². The van der Waals surface area contributed by atoms with Crippen molar-refractivity contribution in [2.75, 3.05) is 32.3 Å². The van der Waals surface area contributed by atoms with Crippen LogP contribution in [0.1, 0.15) is 12.0 Å². The molecule has 132 valence electrons. The van der Waals surface area contributed by atoms with E-state index in [4.69, 9.17) is 4.74 Å². The third-order valence-corrected chi connectivity index (χ3v) is 5.76. The number of esters is 1. The Balaban J connectivity index is 2.12. The fourth-order valence-corrected chi connectivity index (χ4v) is 4.40. The average Bonchev–Trinajstić information content (AvgIpc) is 2.92. The molecule has 1 saturated heterocycles. The maximum atomic E-state index is 12.6. The maximum Gasteiger partial charge on any atom is 0.325 e. The molecule has 0 unspecified atom stereocenters. The number of sulfone groups is 1. The van der Waals surface area contributed by atoms with E-state index in [-0.39, 0.29) is 30.4 Å². The molecule has 24 heavy (non-hydrogen) atoms. The van der Waals surface area contributed by atoms with Crippen molar-refractivity contribution in [3.8, 4) is 5.75 Å². The highest BCUT2D eigenvalue weighted by molar-refractivity contribution is 7.91. The molecule has 1 aromatic rings. The number of carbonyl (C=O) groups is 2. The van der Waals surface area contributed by atoms with Gasteiger partial charge in [0.2, 0.25) is 5.91 Å². The molecule has 1 heterocycles. The summed E-state index contributed by atoms with van der Waals surface area (Å²) in [6.07, 6.45) is 0.422. The third kappa shape index (κ3) is 4.70. The maximum absolute atomic E-state index is 12.6. The highest BCUT2D eigenvalue weighted by Gasteiger charge is 2.35. The minimum Gasteiger partial charge on any atom is -0.497 e. The molecule has 0 aromatic heterocycles. The lowest BCUT2D eigenvalue weighted by atomic mass is 10.1. The zero-order valence-electron chi connectivity index (χ0n) is 13.7. The van der Waals surface area contributed by atoms with Gasteiger partial charge >= 0.3 is 5.97 Å². The quantitative estimate of drug-likeness (QED) is 0.687. The summed E-state index contributed by atoms with van der Waals surface area (Å²) in [5, 5.41) is 0. The van der Waals surface area contributed by atoms with Crippen molar-refractivity contribution in [3.05, 3.63) is 29.8 Å². The molecule has 1 atom stereocenters. The first-order valence-corrected chi connectivity index (χ1v) is 9.36. The standard InChI is InChI=1S/C16H21NO6S/c1-22-14-5-3-12(4-6-14)9-15(18)17(10-16(19)23-2)13-7-8-24(20,21)11-13/h3-6,13H,7-11H2,1-2H3/t13-/m0/s1. The lowest BCUT2D eigenvalue weighted by Gasteiger charge is -2.27. The van der Waals surface area contributed by atoms with Gasteiger partial charge < -0.3 is 14.4 Å². The number of hydrogen-bond acceptors (Lipinski definition) is 6. The monoisotopic (exact) mass is 355 g/mol. The van der Waals surface area contributed by atoms with Gasteiger partial charge in [-0.25, -0.2) is 8.42 Å². The summed E-state index contributed by atoms with van der Waals surface area (Å²) >= 11 is 0.